The molecule has 1 rings (SSSR count). The first-order valence-electron chi connectivity index (χ1n) is 3.44. The summed E-state index contributed by atoms with van der Waals surface area (Å²) in [5.41, 5.74) is -1.09. The molecule has 0 bridgehead atoms. The van der Waals surface area contributed by atoms with Crippen molar-refractivity contribution >= 4 is 28.5 Å². The lowest BCUT2D eigenvalue weighted by molar-refractivity contribution is -0.104. The van der Waals surface area contributed by atoms with Crippen LogP contribution in [-0.4, -0.2) is 17.4 Å². The monoisotopic (exact) mass is 265 g/mol. The smallest absolute Gasteiger partial charge is 0.291 e. The van der Waals surface area contributed by atoms with Gasteiger partial charge in [0.05, 0.1) is 0 Å². The normalized spacial score (nSPS) is 18.4. The van der Waals surface area contributed by atoms with E-state index in [1.807, 2.05) is 0 Å². The molecule has 0 amide bonds. The fraction of sp³-hybridized carbons (Fsp3) is 0.333. The zero-order valence-electron chi connectivity index (χ0n) is 6.63. The van der Waals surface area contributed by atoms with Crippen LogP contribution >= 0.6 is 28.5 Å². The molecular weight excluding hydrogens is 261 g/mol. The molecule has 0 spiro atoms. The van der Waals surface area contributed by atoms with E-state index in [2.05, 4.69) is 0 Å². The standard InChI is InChI=1S/C6H5Cl2F3NOP/c7-14(8,13)12-4-2-1-3-5(12)6(9,10)11/h1-3H,4H2. The zero-order chi connectivity index (χ0) is 11.0. The summed E-state index contributed by atoms with van der Waals surface area (Å²) in [7, 11) is 0. The van der Waals surface area contributed by atoms with E-state index in [-0.39, 0.29) is 6.54 Å². The number of rotatable bonds is 1. The highest BCUT2D eigenvalue weighted by Crippen LogP contribution is 2.63. The van der Waals surface area contributed by atoms with Crippen LogP contribution in [0.2, 0.25) is 0 Å². The van der Waals surface area contributed by atoms with Gasteiger partial charge in [0.15, 0.2) is 0 Å². The molecule has 0 aliphatic carbocycles. The molecule has 0 saturated carbocycles. The molecule has 0 aromatic rings. The Morgan fingerprint density at radius 3 is 2.36 bits per heavy atom. The van der Waals surface area contributed by atoms with Gasteiger partial charge in [-0.2, -0.15) is 13.2 Å². The summed E-state index contributed by atoms with van der Waals surface area (Å²) in [4.78, 5) is 0. The van der Waals surface area contributed by atoms with Crippen LogP contribution < -0.4 is 0 Å². The molecule has 0 radical (unpaired) electrons. The minimum atomic E-state index is -4.61. The number of alkyl halides is 3. The van der Waals surface area contributed by atoms with E-state index in [1.165, 1.54) is 12.2 Å². The molecule has 0 atom stereocenters. The molecule has 0 aromatic heterocycles. The molecule has 14 heavy (non-hydrogen) atoms. The molecule has 1 aliphatic rings. The maximum Gasteiger partial charge on any atom is 0.431 e. The van der Waals surface area contributed by atoms with Crippen molar-refractivity contribution in [3.8, 4) is 0 Å². The van der Waals surface area contributed by atoms with Crippen molar-refractivity contribution in [3.05, 3.63) is 23.9 Å². The Bertz CT molecular complexity index is 332. The van der Waals surface area contributed by atoms with Crippen molar-refractivity contribution in [3.63, 3.8) is 0 Å². The van der Waals surface area contributed by atoms with E-state index in [9.17, 15) is 17.7 Å². The fourth-order valence-electron chi connectivity index (χ4n) is 0.966. The summed E-state index contributed by atoms with van der Waals surface area (Å²) in [5, 5.41) is 0. The Balaban J connectivity index is 3.06. The molecule has 1 aliphatic heterocycles. The highest BCUT2D eigenvalue weighted by molar-refractivity contribution is 8.07. The van der Waals surface area contributed by atoms with Gasteiger partial charge in [0.2, 0.25) is 0 Å². The lowest BCUT2D eigenvalue weighted by Gasteiger charge is -2.29. The van der Waals surface area contributed by atoms with Crippen molar-refractivity contribution in [1.29, 1.82) is 0 Å². The Morgan fingerprint density at radius 1 is 1.43 bits per heavy atom. The third-order valence-electron chi connectivity index (χ3n) is 1.52. The van der Waals surface area contributed by atoms with Crippen LogP contribution in [0.3, 0.4) is 0 Å². The van der Waals surface area contributed by atoms with Gasteiger partial charge in [0.25, 0.3) is 0 Å². The average molecular weight is 266 g/mol. The summed E-state index contributed by atoms with van der Waals surface area (Å²) in [5.74, 6) is -3.96. The minimum absolute atomic E-state index is 0.213. The van der Waals surface area contributed by atoms with E-state index in [1.54, 1.807) is 0 Å². The number of hydrogen-bond acceptors (Lipinski definition) is 1. The largest absolute Gasteiger partial charge is 0.431 e. The van der Waals surface area contributed by atoms with Gasteiger partial charge in [-0.15, -0.1) is 0 Å². The van der Waals surface area contributed by atoms with Gasteiger partial charge in [-0.1, -0.05) is 12.2 Å². The molecule has 0 unspecified atom stereocenters. The van der Waals surface area contributed by atoms with E-state index < -0.39 is 17.9 Å². The van der Waals surface area contributed by atoms with Gasteiger partial charge >= 0.3 is 12.2 Å². The summed E-state index contributed by atoms with van der Waals surface area (Å²) < 4.78 is 48.6. The fourth-order valence-corrected chi connectivity index (χ4v) is 2.54. The molecule has 2 nitrogen and oxygen atoms in total. The lowest BCUT2D eigenvalue weighted by Crippen LogP contribution is -2.29. The zero-order valence-corrected chi connectivity index (χ0v) is 9.04. The van der Waals surface area contributed by atoms with Crippen molar-refractivity contribution in [1.82, 2.24) is 4.67 Å². The lowest BCUT2D eigenvalue weighted by atomic mass is 10.3. The summed E-state index contributed by atoms with van der Waals surface area (Å²) in [6.07, 6.45) is -1.24. The Kier molecular flexibility index (Phi) is 3.24. The maximum atomic E-state index is 12.3. The molecule has 0 saturated heterocycles. The Morgan fingerprint density at radius 2 is 2.00 bits per heavy atom. The first-order chi connectivity index (χ1) is 6.23. The average Bonchev–Trinajstić information content (AvgIpc) is 2.01. The second kappa shape index (κ2) is 3.80. The second-order valence-electron chi connectivity index (χ2n) is 2.49. The van der Waals surface area contributed by atoms with Gasteiger partial charge < -0.3 is 0 Å². The molecule has 0 fully saturated rings. The molecule has 0 N–H and O–H groups in total. The Hall–Kier alpha value is -0.120. The van der Waals surface area contributed by atoms with Crippen LogP contribution in [0.25, 0.3) is 0 Å². The highest BCUT2D eigenvalue weighted by atomic mass is 35.9. The van der Waals surface area contributed by atoms with Crippen LogP contribution in [0.4, 0.5) is 13.2 Å². The molecular formula is C6H5Cl2F3NOP. The molecule has 1 heterocycles. The van der Waals surface area contributed by atoms with Gasteiger partial charge in [0.1, 0.15) is 5.70 Å². The van der Waals surface area contributed by atoms with Crippen LogP contribution in [0.5, 0.6) is 0 Å². The predicted octanol–water partition coefficient (Wildman–Crippen LogP) is 3.89. The highest BCUT2D eigenvalue weighted by Gasteiger charge is 2.43. The first kappa shape index (κ1) is 12.0. The van der Waals surface area contributed by atoms with Gasteiger partial charge in [-0.3, -0.25) is 9.24 Å². The van der Waals surface area contributed by atoms with Crippen LogP contribution in [0.1, 0.15) is 0 Å². The van der Waals surface area contributed by atoms with E-state index in [0.717, 1.165) is 6.08 Å². The van der Waals surface area contributed by atoms with Crippen molar-refractivity contribution in [2.45, 2.75) is 6.18 Å². The quantitative estimate of drug-likeness (QED) is 0.671. The van der Waals surface area contributed by atoms with Crippen molar-refractivity contribution in [2.24, 2.45) is 0 Å². The third kappa shape index (κ3) is 2.69. The topological polar surface area (TPSA) is 20.3 Å². The third-order valence-corrected chi connectivity index (χ3v) is 3.55. The van der Waals surface area contributed by atoms with Crippen LogP contribution in [0.15, 0.2) is 23.9 Å². The van der Waals surface area contributed by atoms with E-state index in [0.29, 0.717) is 4.67 Å². The van der Waals surface area contributed by atoms with Crippen molar-refractivity contribution < 1.29 is 17.7 Å². The first-order valence-corrected chi connectivity index (χ1v) is 6.91. The van der Waals surface area contributed by atoms with Gasteiger partial charge in [0, 0.05) is 6.54 Å². The molecule has 0 aromatic carbocycles. The SMILES string of the molecule is O=P(Cl)(Cl)N1CC=CC=C1C(F)(F)F. The summed E-state index contributed by atoms with van der Waals surface area (Å²) in [6.45, 7) is -0.213. The van der Waals surface area contributed by atoms with Crippen molar-refractivity contribution in [2.75, 3.05) is 6.54 Å². The Labute approximate surface area is 88.0 Å². The van der Waals surface area contributed by atoms with E-state index in [4.69, 9.17) is 22.5 Å². The molecule has 8 heteroatoms. The number of hydrogen-bond donors (Lipinski definition) is 0. The van der Waals surface area contributed by atoms with Gasteiger partial charge in [-0.05, 0) is 28.6 Å². The second-order valence-corrected chi connectivity index (χ2v) is 7.12. The summed E-state index contributed by atoms with van der Waals surface area (Å²) >= 11 is 10.4. The van der Waals surface area contributed by atoms with Gasteiger partial charge in [-0.25, -0.2) is 0 Å². The molecule has 80 valence electrons. The van der Waals surface area contributed by atoms with E-state index >= 15 is 0 Å². The minimum Gasteiger partial charge on any atom is -0.291 e. The number of allylic oxidation sites excluding steroid dienone is 3. The number of nitrogens with zero attached hydrogens (tertiary/aromatic N) is 1. The van der Waals surface area contributed by atoms with Crippen LogP contribution in [-0.2, 0) is 4.57 Å². The predicted molar refractivity (Wildman–Crippen MR) is 49.3 cm³/mol. The maximum absolute atomic E-state index is 12.3. The summed E-state index contributed by atoms with van der Waals surface area (Å²) in [6, 6.07) is 0. The number of halogens is 5. The van der Waals surface area contributed by atoms with Crippen LogP contribution in [0, 0.1) is 0 Å².